The third kappa shape index (κ3) is 4.09. The van der Waals surface area contributed by atoms with E-state index >= 15 is 0 Å². The minimum atomic E-state index is -0.606. The molecule has 0 aromatic carbocycles. The standard InChI is InChI=1S/C20H34O5/c1-5-17(21)25-18(2,3)19-10-6-8-12-20(19,13-9-7-11-19)24-16-23-15-14-22-4/h5H,1,6-16H2,2-4H3. The van der Waals surface area contributed by atoms with Crippen LogP contribution < -0.4 is 0 Å². The lowest BCUT2D eigenvalue weighted by Gasteiger charge is -2.61. The molecule has 25 heavy (non-hydrogen) atoms. The molecular formula is C20H34O5. The number of fused-ring (bicyclic) bond motifs is 1. The van der Waals surface area contributed by atoms with Crippen molar-refractivity contribution in [1.29, 1.82) is 0 Å². The Morgan fingerprint density at radius 2 is 1.68 bits per heavy atom. The zero-order valence-corrected chi connectivity index (χ0v) is 16.1. The number of methoxy groups -OCH3 is 1. The monoisotopic (exact) mass is 354 g/mol. The highest BCUT2D eigenvalue weighted by molar-refractivity contribution is 5.81. The largest absolute Gasteiger partial charge is 0.456 e. The van der Waals surface area contributed by atoms with Crippen molar-refractivity contribution in [2.24, 2.45) is 5.41 Å². The summed E-state index contributed by atoms with van der Waals surface area (Å²) < 4.78 is 22.9. The van der Waals surface area contributed by atoms with Crippen LogP contribution in [0, 0.1) is 5.41 Å². The minimum absolute atomic E-state index is 0.181. The Hall–Kier alpha value is -0.910. The summed E-state index contributed by atoms with van der Waals surface area (Å²) in [7, 11) is 1.66. The number of ether oxygens (including phenoxy) is 4. The van der Waals surface area contributed by atoms with Crippen LogP contribution in [0.3, 0.4) is 0 Å². The number of esters is 1. The molecule has 0 heterocycles. The van der Waals surface area contributed by atoms with E-state index in [1.807, 2.05) is 13.8 Å². The van der Waals surface area contributed by atoms with Gasteiger partial charge in [-0.15, -0.1) is 0 Å². The molecular weight excluding hydrogens is 320 g/mol. The van der Waals surface area contributed by atoms with Gasteiger partial charge < -0.3 is 18.9 Å². The Kier molecular flexibility index (Phi) is 7.06. The second-order valence-electron chi connectivity index (χ2n) is 7.79. The van der Waals surface area contributed by atoms with Crippen LogP contribution in [0.4, 0.5) is 0 Å². The normalized spacial score (nSPS) is 29.7. The second kappa shape index (κ2) is 8.65. The van der Waals surface area contributed by atoms with E-state index in [1.54, 1.807) is 7.11 Å². The van der Waals surface area contributed by atoms with Gasteiger partial charge in [0.05, 0.1) is 18.8 Å². The van der Waals surface area contributed by atoms with Gasteiger partial charge in [0.15, 0.2) is 0 Å². The maximum Gasteiger partial charge on any atom is 0.330 e. The van der Waals surface area contributed by atoms with Crippen molar-refractivity contribution >= 4 is 5.97 Å². The first-order valence-electron chi connectivity index (χ1n) is 9.49. The van der Waals surface area contributed by atoms with E-state index in [9.17, 15) is 4.79 Å². The highest BCUT2D eigenvalue weighted by Crippen LogP contribution is 2.61. The quantitative estimate of drug-likeness (QED) is 0.271. The van der Waals surface area contributed by atoms with E-state index in [2.05, 4.69) is 6.58 Å². The van der Waals surface area contributed by atoms with Gasteiger partial charge in [0, 0.05) is 18.6 Å². The molecule has 0 radical (unpaired) electrons. The summed E-state index contributed by atoms with van der Waals surface area (Å²) in [5, 5.41) is 0. The fourth-order valence-electron chi connectivity index (χ4n) is 5.04. The molecule has 0 aromatic rings. The van der Waals surface area contributed by atoms with Gasteiger partial charge in [-0.3, -0.25) is 0 Å². The fourth-order valence-corrected chi connectivity index (χ4v) is 5.04. The zero-order valence-electron chi connectivity index (χ0n) is 16.1. The zero-order chi connectivity index (χ0) is 18.4. The van der Waals surface area contributed by atoms with Crippen molar-refractivity contribution in [2.45, 2.75) is 76.4 Å². The Labute approximate surface area is 152 Å². The molecule has 2 rings (SSSR count). The topological polar surface area (TPSA) is 54.0 Å². The summed E-state index contributed by atoms with van der Waals surface area (Å²) in [5.41, 5.74) is -1.08. The molecule has 5 nitrogen and oxygen atoms in total. The molecule has 5 heteroatoms. The molecule has 2 saturated carbocycles. The molecule has 0 aromatic heterocycles. The van der Waals surface area contributed by atoms with Crippen LogP contribution in [0.2, 0.25) is 0 Å². The van der Waals surface area contributed by atoms with Gasteiger partial charge in [-0.1, -0.05) is 32.3 Å². The Morgan fingerprint density at radius 1 is 1.08 bits per heavy atom. The van der Waals surface area contributed by atoms with Crippen LogP contribution >= 0.6 is 0 Å². The van der Waals surface area contributed by atoms with Gasteiger partial charge in [0.25, 0.3) is 0 Å². The van der Waals surface area contributed by atoms with E-state index in [4.69, 9.17) is 18.9 Å². The van der Waals surface area contributed by atoms with Gasteiger partial charge in [0.2, 0.25) is 0 Å². The van der Waals surface area contributed by atoms with Gasteiger partial charge in [-0.25, -0.2) is 4.79 Å². The molecule has 0 saturated heterocycles. The van der Waals surface area contributed by atoms with E-state index in [-0.39, 0.29) is 23.8 Å². The lowest BCUT2D eigenvalue weighted by molar-refractivity contribution is -0.275. The predicted molar refractivity (Wildman–Crippen MR) is 96.2 cm³/mol. The maximum atomic E-state index is 12.0. The Balaban J connectivity index is 2.22. The molecule has 0 spiro atoms. The lowest BCUT2D eigenvalue weighted by atomic mass is 9.50. The first kappa shape index (κ1) is 20.4. The molecule has 0 atom stereocenters. The molecule has 2 fully saturated rings. The number of hydrogen-bond acceptors (Lipinski definition) is 5. The fraction of sp³-hybridized carbons (Fsp3) is 0.850. The third-order valence-corrected chi connectivity index (χ3v) is 6.27. The summed E-state index contributed by atoms with van der Waals surface area (Å²) in [5.74, 6) is -0.360. The van der Waals surface area contributed by atoms with Gasteiger partial charge in [0.1, 0.15) is 12.4 Å². The summed E-state index contributed by atoms with van der Waals surface area (Å²) >= 11 is 0. The van der Waals surface area contributed by atoms with Gasteiger partial charge in [-0.2, -0.15) is 0 Å². The second-order valence-corrected chi connectivity index (χ2v) is 7.79. The molecule has 0 unspecified atom stereocenters. The SMILES string of the molecule is C=CC(=O)OC(C)(C)C12CCCCC1(OCOCCOC)CCCC2. The van der Waals surface area contributed by atoms with Crippen LogP contribution in [0.15, 0.2) is 12.7 Å². The van der Waals surface area contributed by atoms with E-state index in [0.29, 0.717) is 13.2 Å². The van der Waals surface area contributed by atoms with Crippen molar-refractivity contribution in [3.63, 3.8) is 0 Å². The smallest absolute Gasteiger partial charge is 0.330 e. The Bertz CT molecular complexity index is 445. The maximum absolute atomic E-state index is 12.0. The van der Waals surface area contributed by atoms with Crippen molar-refractivity contribution in [3.8, 4) is 0 Å². The minimum Gasteiger partial charge on any atom is -0.456 e. The first-order chi connectivity index (χ1) is 11.9. The average molecular weight is 354 g/mol. The summed E-state index contributed by atoms with van der Waals surface area (Å²) in [4.78, 5) is 12.0. The van der Waals surface area contributed by atoms with E-state index < -0.39 is 5.60 Å². The average Bonchev–Trinajstić information content (AvgIpc) is 2.60. The highest BCUT2D eigenvalue weighted by Gasteiger charge is 2.63. The third-order valence-electron chi connectivity index (χ3n) is 6.27. The van der Waals surface area contributed by atoms with Crippen LogP contribution in [-0.4, -0.2) is 44.3 Å². The lowest BCUT2D eigenvalue weighted by Crippen LogP contribution is -2.65. The number of carbonyl (C=O) groups excluding carboxylic acids is 1. The van der Waals surface area contributed by atoms with Gasteiger partial charge in [-0.05, 0) is 39.5 Å². The number of rotatable bonds is 9. The number of hydrogen-bond donors (Lipinski definition) is 0. The molecule has 144 valence electrons. The van der Waals surface area contributed by atoms with E-state index in [0.717, 1.165) is 51.4 Å². The van der Waals surface area contributed by atoms with Crippen LogP contribution in [-0.2, 0) is 23.7 Å². The highest BCUT2D eigenvalue weighted by atomic mass is 16.7. The summed E-state index contributed by atoms with van der Waals surface area (Å²) in [6, 6.07) is 0. The predicted octanol–water partition coefficient (Wildman–Crippen LogP) is 4.00. The van der Waals surface area contributed by atoms with Crippen LogP contribution in [0.1, 0.15) is 65.2 Å². The summed E-state index contributed by atoms with van der Waals surface area (Å²) in [6.07, 6.45) is 9.85. The van der Waals surface area contributed by atoms with E-state index in [1.165, 1.54) is 6.08 Å². The first-order valence-corrected chi connectivity index (χ1v) is 9.49. The van der Waals surface area contributed by atoms with Crippen LogP contribution in [0.5, 0.6) is 0 Å². The van der Waals surface area contributed by atoms with Gasteiger partial charge >= 0.3 is 5.97 Å². The Morgan fingerprint density at radius 3 is 2.24 bits per heavy atom. The number of carbonyl (C=O) groups is 1. The molecule has 0 aliphatic heterocycles. The van der Waals surface area contributed by atoms with Crippen LogP contribution in [0.25, 0.3) is 0 Å². The van der Waals surface area contributed by atoms with Crippen molar-refractivity contribution in [3.05, 3.63) is 12.7 Å². The van der Waals surface area contributed by atoms with Crippen molar-refractivity contribution in [1.82, 2.24) is 0 Å². The van der Waals surface area contributed by atoms with Crippen molar-refractivity contribution in [2.75, 3.05) is 27.1 Å². The molecule has 2 aliphatic carbocycles. The molecule has 0 bridgehead atoms. The molecule has 0 amide bonds. The van der Waals surface area contributed by atoms with Crippen molar-refractivity contribution < 1.29 is 23.7 Å². The summed E-state index contributed by atoms with van der Waals surface area (Å²) in [6.45, 7) is 8.96. The molecule has 0 N–H and O–H groups in total. The molecule has 2 aliphatic rings.